The summed E-state index contributed by atoms with van der Waals surface area (Å²) in [4.78, 5) is 11.3. The lowest BCUT2D eigenvalue weighted by Crippen LogP contribution is -2.31. The van der Waals surface area contributed by atoms with Crippen LogP contribution in [0.25, 0.3) is 0 Å². The van der Waals surface area contributed by atoms with E-state index < -0.39 is 0 Å². The van der Waals surface area contributed by atoms with Gasteiger partial charge in [0, 0.05) is 0 Å². The van der Waals surface area contributed by atoms with E-state index in [9.17, 15) is 4.79 Å². The predicted octanol–water partition coefficient (Wildman–Crippen LogP) is 2.58. The second-order valence-electron chi connectivity index (χ2n) is 3.84. The van der Waals surface area contributed by atoms with Gasteiger partial charge in [0.05, 0.1) is 11.4 Å². The molecule has 1 atom stereocenters. The number of rotatable bonds is 2. The molecule has 0 spiro atoms. The molecule has 0 saturated carbocycles. The van der Waals surface area contributed by atoms with Crippen LogP contribution in [0.3, 0.4) is 0 Å². The van der Waals surface area contributed by atoms with Gasteiger partial charge in [-0.1, -0.05) is 40.2 Å². The fraction of sp³-hybridized carbons (Fsp3) is 0.417. The minimum Gasteiger partial charge on any atom is -0.349 e. The SMILES string of the molecule is O=C(CBr)N[C@@H]1CCCc2ccccc21. The van der Waals surface area contributed by atoms with Crippen LogP contribution in [0.2, 0.25) is 0 Å². The second-order valence-corrected chi connectivity index (χ2v) is 4.41. The van der Waals surface area contributed by atoms with E-state index in [0.717, 1.165) is 19.3 Å². The van der Waals surface area contributed by atoms with Crippen LogP contribution in [0.4, 0.5) is 0 Å². The molecule has 0 radical (unpaired) electrons. The third-order valence-electron chi connectivity index (χ3n) is 2.83. The smallest absolute Gasteiger partial charge is 0.231 e. The topological polar surface area (TPSA) is 29.1 Å². The van der Waals surface area contributed by atoms with Crippen molar-refractivity contribution in [2.75, 3.05) is 5.33 Å². The highest BCUT2D eigenvalue weighted by Crippen LogP contribution is 2.29. The number of carbonyl (C=O) groups is 1. The van der Waals surface area contributed by atoms with E-state index >= 15 is 0 Å². The first-order valence-corrected chi connectivity index (χ1v) is 6.36. The lowest BCUT2D eigenvalue weighted by molar-refractivity contribution is -0.119. The van der Waals surface area contributed by atoms with Gasteiger partial charge >= 0.3 is 0 Å². The van der Waals surface area contributed by atoms with Gasteiger partial charge in [-0.15, -0.1) is 0 Å². The lowest BCUT2D eigenvalue weighted by Gasteiger charge is -2.26. The van der Waals surface area contributed by atoms with Crippen LogP contribution in [-0.4, -0.2) is 11.2 Å². The molecule has 1 amide bonds. The van der Waals surface area contributed by atoms with Gasteiger partial charge in [0.15, 0.2) is 0 Å². The minimum absolute atomic E-state index is 0.0664. The zero-order valence-electron chi connectivity index (χ0n) is 8.50. The summed E-state index contributed by atoms with van der Waals surface area (Å²) in [6, 6.07) is 8.58. The van der Waals surface area contributed by atoms with Crippen molar-refractivity contribution < 1.29 is 4.79 Å². The fourth-order valence-corrected chi connectivity index (χ4v) is 2.30. The summed E-state index contributed by atoms with van der Waals surface area (Å²) in [5, 5.41) is 3.42. The lowest BCUT2D eigenvalue weighted by atomic mass is 9.88. The molecule has 0 saturated heterocycles. The number of carbonyl (C=O) groups excluding carboxylic acids is 1. The molecule has 0 heterocycles. The van der Waals surface area contributed by atoms with Crippen molar-refractivity contribution in [2.45, 2.75) is 25.3 Å². The van der Waals surface area contributed by atoms with Gasteiger partial charge in [-0.2, -0.15) is 0 Å². The summed E-state index contributed by atoms with van der Waals surface area (Å²) >= 11 is 3.17. The average molecular weight is 268 g/mol. The van der Waals surface area contributed by atoms with Crippen molar-refractivity contribution in [3.63, 3.8) is 0 Å². The van der Waals surface area contributed by atoms with Gasteiger partial charge in [0.25, 0.3) is 0 Å². The largest absolute Gasteiger partial charge is 0.349 e. The Balaban J connectivity index is 2.18. The average Bonchev–Trinajstić information content (AvgIpc) is 2.29. The van der Waals surface area contributed by atoms with Crippen LogP contribution in [0.1, 0.15) is 30.0 Å². The van der Waals surface area contributed by atoms with Gasteiger partial charge in [0.1, 0.15) is 0 Å². The number of alkyl halides is 1. The zero-order chi connectivity index (χ0) is 10.7. The second kappa shape index (κ2) is 4.79. The van der Waals surface area contributed by atoms with E-state index in [4.69, 9.17) is 0 Å². The molecule has 0 aliphatic heterocycles. The van der Waals surface area contributed by atoms with Crippen LogP contribution in [-0.2, 0) is 11.2 Å². The van der Waals surface area contributed by atoms with Gasteiger partial charge in [-0.25, -0.2) is 0 Å². The van der Waals surface area contributed by atoms with Crippen LogP contribution < -0.4 is 5.32 Å². The molecule has 2 rings (SSSR count). The molecule has 3 heteroatoms. The third kappa shape index (κ3) is 2.40. The Morgan fingerprint density at radius 2 is 2.27 bits per heavy atom. The number of aryl methyl sites for hydroxylation is 1. The molecule has 0 unspecified atom stereocenters. The maximum atomic E-state index is 11.3. The van der Waals surface area contributed by atoms with E-state index in [-0.39, 0.29) is 11.9 Å². The van der Waals surface area contributed by atoms with Crippen LogP contribution in [0.15, 0.2) is 24.3 Å². The molecule has 0 bridgehead atoms. The molecule has 1 aliphatic carbocycles. The summed E-state index contributed by atoms with van der Waals surface area (Å²) in [5.41, 5.74) is 2.67. The van der Waals surface area contributed by atoms with Gasteiger partial charge < -0.3 is 5.32 Å². The molecule has 0 fully saturated rings. The van der Waals surface area contributed by atoms with E-state index in [1.54, 1.807) is 0 Å². The Morgan fingerprint density at radius 1 is 1.47 bits per heavy atom. The summed E-state index contributed by atoms with van der Waals surface area (Å²) in [5.74, 6) is 0.0664. The molecule has 1 N–H and O–H groups in total. The maximum absolute atomic E-state index is 11.3. The van der Waals surface area contributed by atoms with Crippen molar-refractivity contribution in [2.24, 2.45) is 0 Å². The van der Waals surface area contributed by atoms with E-state index in [2.05, 4.69) is 39.4 Å². The first kappa shape index (κ1) is 10.7. The number of hydrogen-bond acceptors (Lipinski definition) is 1. The third-order valence-corrected chi connectivity index (χ3v) is 3.34. The molecule has 1 aromatic rings. The molecular weight excluding hydrogens is 254 g/mol. The van der Waals surface area contributed by atoms with E-state index in [1.165, 1.54) is 11.1 Å². The van der Waals surface area contributed by atoms with Crippen LogP contribution in [0, 0.1) is 0 Å². The minimum atomic E-state index is 0.0664. The number of amides is 1. The quantitative estimate of drug-likeness (QED) is 0.821. The number of fused-ring (bicyclic) bond motifs is 1. The van der Waals surface area contributed by atoms with Crippen molar-refractivity contribution in [1.29, 1.82) is 0 Å². The van der Waals surface area contributed by atoms with Crippen molar-refractivity contribution in [1.82, 2.24) is 5.32 Å². The molecule has 15 heavy (non-hydrogen) atoms. The van der Waals surface area contributed by atoms with Crippen LogP contribution >= 0.6 is 15.9 Å². The first-order valence-electron chi connectivity index (χ1n) is 5.24. The number of benzene rings is 1. The number of nitrogens with one attached hydrogen (secondary N) is 1. The predicted molar refractivity (Wildman–Crippen MR) is 64.1 cm³/mol. The highest BCUT2D eigenvalue weighted by Gasteiger charge is 2.20. The van der Waals surface area contributed by atoms with E-state index in [0.29, 0.717) is 5.33 Å². The summed E-state index contributed by atoms with van der Waals surface area (Å²) in [6.07, 6.45) is 3.34. The molecule has 80 valence electrons. The highest BCUT2D eigenvalue weighted by atomic mass is 79.9. The molecular formula is C12H14BrNO. The normalized spacial score (nSPS) is 19.4. The molecule has 1 aliphatic rings. The Kier molecular flexibility index (Phi) is 3.41. The van der Waals surface area contributed by atoms with Crippen molar-refractivity contribution in [3.8, 4) is 0 Å². The number of hydrogen-bond donors (Lipinski definition) is 1. The van der Waals surface area contributed by atoms with Gasteiger partial charge in [-0.05, 0) is 30.4 Å². The maximum Gasteiger partial charge on any atom is 0.231 e. The van der Waals surface area contributed by atoms with Crippen molar-refractivity contribution in [3.05, 3.63) is 35.4 Å². The summed E-state index contributed by atoms with van der Waals surface area (Å²) in [7, 11) is 0. The number of halogens is 1. The molecule has 0 aromatic heterocycles. The standard InChI is InChI=1S/C12H14BrNO/c13-8-12(15)14-11-7-3-5-9-4-1-2-6-10(9)11/h1-2,4,6,11H,3,5,7-8H2,(H,14,15)/t11-/m1/s1. The van der Waals surface area contributed by atoms with Crippen molar-refractivity contribution >= 4 is 21.8 Å². The Hall–Kier alpha value is -0.830. The highest BCUT2D eigenvalue weighted by molar-refractivity contribution is 9.09. The summed E-state index contributed by atoms with van der Waals surface area (Å²) < 4.78 is 0. The fourth-order valence-electron chi connectivity index (χ4n) is 2.14. The Labute approximate surface area is 98.2 Å². The van der Waals surface area contributed by atoms with E-state index in [1.807, 2.05) is 6.07 Å². The molecule has 2 nitrogen and oxygen atoms in total. The Bertz CT molecular complexity index is 364. The first-order chi connectivity index (χ1) is 7.31. The monoisotopic (exact) mass is 267 g/mol. The van der Waals surface area contributed by atoms with Gasteiger partial charge in [-0.3, -0.25) is 4.79 Å². The Morgan fingerprint density at radius 3 is 3.07 bits per heavy atom. The van der Waals surface area contributed by atoms with Crippen LogP contribution in [0.5, 0.6) is 0 Å². The molecule has 1 aromatic carbocycles. The summed E-state index contributed by atoms with van der Waals surface area (Å²) in [6.45, 7) is 0. The zero-order valence-corrected chi connectivity index (χ0v) is 10.1. The van der Waals surface area contributed by atoms with Gasteiger partial charge in [0.2, 0.25) is 5.91 Å².